The number of aromatic nitrogens is 2. The lowest BCUT2D eigenvalue weighted by atomic mass is 9.95. The lowest BCUT2D eigenvalue weighted by Crippen LogP contribution is -1.89. The topological polar surface area (TPSA) is 25.8 Å². The lowest BCUT2D eigenvalue weighted by molar-refractivity contribution is 1.20. The van der Waals surface area contributed by atoms with Crippen LogP contribution < -0.4 is 0 Å². The average Bonchev–Trinajstić information content (AvgIpc) is 3.18. The van der Waals surface area contributed by atoms with Crippen LogP contribution in [0.4, 0.5) is 0 Å². The number of fused-ring (bicyclic) bond motifs is 4. The third-order valence-electron chi connectivity index (χ3n) is 4.42. The molecule has 1 aliphatic carbocycles. The summed E-state index contributed by atoms with van der Waals surface area (Å²) in [5.41, 5.74) is 9.02. The fraction of sp³-hybridized carbons (Fsp3) is 0.0526. The highest BCUT2D eigenvalue weighted by molar-refractivity contribution is 7.13. The molecule has 0 spiro atoms. The number of hydrogen-bond donors (Lipinski definition) is 0. The van der Waals surface area contributed by atoms with E-state index in [9.17, 15) is 0 Å². The molecule has 3 aromatic carbocycles. The zero-order chi connectivity index (χ0) is 14.5. The van der Waals surface area contributed by atoms with Crippen molar-refractivity contribution in [1.29, 1.82) is 0 Å². The summed E-state index contributed by atoms with van der Waals surface area (Å²) in [7, 11) is 0. The molecule has 0 aliphatic heterocycles. The van der Waals surface area contributed by atoms with Crippen molar-refractivity contribution in [2.24, 2.45) is 0 Å². The minimum Gasteiger partial charge on any atom is -0.137 e. The van der Waals surface area contributed by atoms with Crippen LogP contribution in [0, 0.1) is 0 Å². The molecule has 0 atom stereocenters. The van der Waals surface area contributed by atoms with E-state index in [1.807, 2.05) is 0 Å². The van der Waals surface area contributed by atoms with Gasteiger partial charge in [0.15, 0.2) is 0 Å². The SMILES string of the molecule is c1ccc2c(c1)Cc1c-2cccc1-c1cccc2snnc12. The minimum atomic E-state index is 0.996. The van der Waals surface area contributed by atoms with Gasteiger partial charge in [-0.1, -0.05) is 59.1 Å². The maximum atomic E-state index is 4.34. The van der Waals surface area contributed by atoms with E-state index in [0.717, 1.165) is 16.6 Å². The van der Waals surface area contributed by atoms with Crippen molar-refractivity contribution in [2.75, 3.05) is 0 Å². The van der Waals surface area contributed by atoms with E-state index in [0.29, 0.717) is 0 Å². The van der Waals surface area contributed by atoms with Crippen LogP contribution in [0.3, 0.4) is 0 Å². The highest BCUT2D eigenvalue weighted by Gasteiger charge is 2.22. The number of hydrogen-bond acceptors (Lipinski definition) is 3. The van der Waals surface area contributed by atoms with Crippen LogP contribution in [0.25, 0.3) is 32.5 Å². The Morgan fingerprint density at radius 3 is 2.41 bits per heavy atom. The van der Waals surface area contributed by atoms with Crippen molar-refractivity contribution in [3.63, 3.8) is 0 Å². The first-order valence-electron chi connectivity index (χ1n) is 7.33. The Kier molecular flexibility index (Phi) is 2.46. The Labute approximate surface area is 132 Å². The zero-order valence-corrected chi connectivity index (χ0v) is 12.6. The van der Waals surface area contributed by atoms with Crippen LogP contribution >= 0.6 is 11.5 Å². The van der Waals surface area contributed by atoms with Gasteiger partial charge in [-0.15, -0.1) is 5.10 Å². The Hall–Kier alpha value is -2.52. The van der Waals surface area contributed by atoms with Gasteiger partial charge in [0.1, 0.15) is 5.52 Å². The van der Waals surface area contributed by atoms with Gasteiger partial charge in [-0.3, -0.25) is 0 Å². The van der Waals surface area contributed by atoms with Gasteiger partial charge in [-0.25, -0.2) is 0 Å². The third-order valence-corrected chi connectivity index (χ3v) is 5.11. The molecule has 0 saturated heterocycles. The van der Waals surface area contributed by atoms with E-state index in [4.69, 9.17) is 0 Å². The van der Waals surface area contributed by atoms with Gasteiger partial charge in [-0.2, -0.15) is 0 Å². The van der Waals surface area contributed by atoms with Crippen molar-refractivity contribution < 1.29 is 0 Å². The van der Waals surface area contributed by atoms with Gasteiger partial charge in [0.05, 0.1) is 4.70 Å². The Morgan fingerprint density at radius 2 is 1.45 bits per heavy atom. The van der Waals surface area contributed by atoms with Crippen molar-refractivity contribution in [3.8, 4) is 22.3 Å². The predicted octanol–water partition coefficient (Wildman–Crippen LogP) is 4.93. The summed E-state index contributed by atoms with van der Waals surface area (Å²) in [5.74, 6) is 0. The van der Waals surface area contributed by atoms with Crippen LogP contribution in [0.1, 0.15) is 11.1 Å². The number of rotatable bonds is 1. The maximum Gasteiger partial charge on any atom is 0.113 e. The summed E-state index contributed by atoms with van der Waals surface area (Å²) in [5, 5.41) is 4.34. The minimum absolute atomic E-state index is 0.996. The zero-order valence-electron chi connectivity index (χ0n) is 11.8. The van der Waals surface area contributed by atoms with Gasteiger partial charge in [0.2, 0.25) is 0 Å². The standard InChI is InChI=1S/C19H12N2S/c1-2-6-13-12(5-1)11-17-14(13)7-3-8-15(17)16-9-4-10-18-19(16)20-21-22-18/h1-10H,11H2. The lowest BCUT2D eigenvalue weighted by Gasteiger charge is -2.09. The summed E-state index contributed by atoms with van der Waals surface area (Å²) >= 11 is 1.46. The monoisotopic (exact) mass is 300 g/mol. The molecule has 1 heterocycles. The van der Waals surface area contributed by atoms with Crippen LogP contribution in [0.2, 0.25) is 0 Å². The normalized spacial score (nSPS) is 12.4. The Bertz CT molecular complexity index is 1020. The fourth-order valence-corrected chi connectivity index (χ4v) is 4.02. The Morgan fingerprint density at radius 1 is 0.727 bits per heavy atom. The molecule has 5 rings (SSSR count). The molecule has 104 valence electrons. The van der Waals surface area contributed by atoms with Crippen molar-refractivity contribution in [3.05, 3.63) is 71.8 Å². The summed E-state index contributed by atoms with van der Waals surface area (Å²) in [6.07, 6.45) is 0.996. The molecule has 0 radical (unpaired) electrons. The van der Waals surface area contributed by atoms with Gasteiger partial charge in [0, 0.05) is 5.56 Å². The largest absolute Gasteiger partial charge is 0.137 e. The maximum absolute atomic E-state index is 4.34. The smallest absolute Gasteiger partial charge is 0.113 e. The second-order valence-electron chi connectivity index (χ2n) is 5.59. The summed E-state index contributed by atoms with van der Waals surface area (Å²) in [6, 6.07) is 21.6. The fourth-order valence-electron chi connectivity index (χ4n) is 3.43. The molecule has 22 heavy (non-hydrogen) atoms. The quantitative estimate of drug-likeness (QED) is 0.438. The average molecular weight is 300 g/mol. The summed E-state index contributed by atoms with van der Waals surface area (Å²) in [6.45, 7) is 0. The predicted molar refractivity (Wildman–Crippen MR) is 91.1 cm³/mol. The van der Waals surface area contributed by atoms with Crippen molar-refractivity contribution >= 4 is 21.7 Å². The van der Waals surface area contributed by atoms with E-state index in [1.54, 1.807) is 0 Å². The molecule has 1 aromatic heterocycles. The molecular weight excluding hydrogens is 288 g/mol. The first kappa shape index (κ1) is 12.1. The van der Waals surface area contributed by atoms with Crippen LogP contribution in [0.15, 0.2) is 60.7 Å². The van der Waals surface area contributed by atoms with Gasteiger partial charge < -0.3 is 0 Å². The molecule has 0 fully saturated rings. The first-order chi connectivity index (χ1) is 10.9. The molecule has 0 amide bonds. The molecule has 2 nitrogen and oxygen atoms in total. The van der Waals surface area contributed by atoms with Gasteiger partial charge >= 0.3 is 0 Å². The van der Waals surface area contributed by atoms with Crippen molar-refractivity contribution in [1.82, 2.24) is 9.59 Å². The van der Waals surface area contributed by atoms with E-state index in [1.165, 1.54) is 44.9 Å². The van der Waals surface area contributed by atoms with Gasteiger partial charge in [0.25, 0.3) is 0 Å². The third kappa shape index (κ3) is 1.60. The second-order valence-corrected chi connectivity index (χ2v) is 6.38. The summed E-state index contributed by atoms with van der Waals surface area (Å²) in [4.78, 5) is 0. The van der Waals surface area contributed by atoms with Crippen molar-refractivity contribution in [2.45, 2.75) is 6.42 Å². The van der Waals surface area contributed by atoms with E-state index >= 15 is 0 Å². The van der Waals surface area contributed by atoms with Crippen LogP contribution in [-0.2, 0) is 6.42 Å². The number of nitrogens with zero attached hydrogens (tertiary/aromatic N) is 2. The molecule has 0 N–H and O–H groups in total. The molecular formula is C19H12N2S. The number of benzene rings is 3. The van der Waals surface area contributed by atoms with E-state index < -0.39 is 0 Å². The van der Waals surface area contributed by atoms with Crippen LogP contribution in [-0.4, -0.2) is 9.59 Å². The molecule has 1 aliphatic rings. The van der Waals surface area contributed by atoms with E-state index in [2.05, 4.69) is 70.3 Å². The molecule has 0 unspecified atom stereocenters. The molecule has 0 saturated carbocycles. The van der Waals surface area contributed by atoms with E-state index in [-0.39, 0.29) is 0 Å². The molecule has 0 bridgehead atoms. The van der Waals surface area contributed by atoms with Crippen LogP contribution in [0.5, 0.6) is 0 Å². The van der Waals surface area contributed by atoms with Gasteiger partial charge in [-0.05, 0) is 51.8 Å². The highest BCUT2D eigenvalue weighted by Crippen LogP contribution is 2.42. The Balaban J connectivity index is 1.80. The highest BCUT2D eigenvalue weighted by atomic mass is 32.1. The molecule has 4 aromatic rings. The summed E-state index contributed by atoms with van der Waals surface area (Å²) < 4.78 is 5.26. The molecule has 3 heteroatoms. The first-order valence-corrected chi connectivity index (χ1v) is 8.11. The second kappa shape index (κ2) is 4.49.